The molecule has 0 fully saturated rings. The van der Waals surface area contributed by atoms with E-state index in [0.717, 1.165) is 24.5 Å². The minimum atomic E-state index is 0.255. The van der Waals surface area contributed by atoms with Crippen LogP contribution in [0.4, 0.5) is 0 Å². The van der Waals surface area contributed by atoms with Gasteiger partial charge in [0.25, 0.3) is 0 Å². The molecule has 14 heavy (non-hydrogen) atoms. The van der Waals surface area contributed by atoms with Gasteiger partial charge in [0.2, 0.25) is 0 Å². The lowest BCUT2D eigenvalue weighted by Gasteiger charge is -2.15. The first-order chi connectivity index (χ1) is 6.72. The third-order valence-corrected chi connectivity index (χ3v) is 2.32. The van der Waals surface area contributed by atoms with E-state index in [-0.39, 0.29) is 6.61 Å². The maximum Gasteiger partial charge on any atom is 0.0443 e. The first-order valence-corrected chi connectivity index (χ1v) is 5.14. The zero-order valence-electron chi connectivity index (χ0n) is 8.41. The van der Waals surface area contributed by atoms with E-state index >= 15 is 0 Å². The van der Waals surface area contributed by atoms with Gasteiger partial charge < -0.3 is 10.0 Å². The molecule has 0 aliphatic carbocycles. The van der Waals surface area contributed by atoms with Crippen LogP contribution < -0.4 is 0 Å². The zero-order valence-corrected chi connectivity index (χ0v) is 9.17. The normalized spacial score (nSPS) is 10.9. The molecule has 1 rings (SSSR count). The molecule has 78 valence electrons. The molecular formula is C11H16ClNO. The number of hydrogen-bond donors (Lipinski definition) is 1. The molecule has 0 spiro atoms. The van der Waals surface area contributed by atoms with E-state index in [0.29, 0.717) is 0 Å². The summed E-state index contributed by atoms with van der Waals surface area (Å²) in [6.45, 7) is 2.07. The van der Waals surface area contributed by atoms with Crippen molar-refractivity contribution in [3.63, 3.8) is 0 Å². The van der Waals surface area contributed by atoms with Gasteiger partial charge in [-0.2, -0.15) is 0 Å². The van der Waals surface area contributed by atoms with Crippen molar-refractivity contribution in [2.24, 2.45) is 0 Å². The van der Waals surface area contributed by atoms with E-state index in [9.17, 15) is 0 Å². The van der Waals surface area contributed by atoms with Gasteiger partial charge in [0, 0.05) is 24.7 Å². The fourth-order valence-corrected chi connectivity index (χ4v) is 1.45. The van der Waals surface area contributed by atoms with Gasteiger partial charge in [-0.25, -0.2) is 0 Å². The molecule has 2 nitrogen and oxygen atoms in total. The average Bonchev–Trinajstić information content (AvgIpc) is 2.18. The average molecular weight is 214 g/mol. The van der Waals surface area contributed by atoms with Crippen molar-refractivity contribution in [2.45, 2.75) is 13.0 Å². The molecule has 0 amide bonds. The van der Waals surface area contributed by atoms with Crippen molar-refractivity contribution in [1.29, 1.82) is 0 Å². The van der Waals surface area contributed by atoms with Gasteiger partial charge in [0.1, 0.15) is 0 Å². The second kappa shape index (κ2) is 6.02. The van der Waals surface area contributed by atoms with E-state index in [1.54, 1.807) is 0 Å². The van der Waals surface area contributed by atoms with Crippen molar-refractivity contribution >= 4 is 11.6 Å². The lowest BCUT2D eigenvalue weighted by Crippen LogP contribution is -2.19. The molecule has 0 unspecified atom stereocenters. The van der Waals surface area contributed by atoms with Gasteiger partial charge in [0.05, 0.1) is 0 Å². The smallest absolute Gasteiger partial charge is 0.0443 e. The summed E-state index contributed by atoms with van der Waals surface area (Å²) in [7, 11) is 2.05. The number of benzene rings is 1. The quantitative estimate of drug-likeness (QED) is 0.811. The van der Waals surface area contributed by atoms with Gasteiger partial charge in [0.15, 0.2) is 0 Å². The molecule has 1 N–H and O–H groups in total. The molecule has 0 bridgehead atoms. The third-order valence-electron chi connectivity index (χ3n) is 2.06. The van der Waals surface area contributed by atoms with Crippen LogP contribution in [-0.2, 0) is 6.54 Å². The molecule has 1 aromatic rings. The Morgan fingerprint density at radius 3 is 2.50 bits per heavy atom. The first kappa shape index (κ1) is 11.5. The molecule has 0 saturated carbocycles. The molecule has 3 heteroatoms. The number of nitrogens with zero attached hydrogens (tertiary/aromatic N) is 1. The minimum Gasteiger partial charge on any atom is -0.396 e. The highest BCUT2D eigenvalue weighted by molar-refractivity contribution is 6.30. The highest BCUT2D eigenvalue weighted by atomic mass is 35.5. The number of halogens is 1. The van der Waals surface area contributed by atoms with Gasteiger partial charge >= 0.3 is 0 Å². The van der Waals surface area contributed by atoms with Crippen LogP contribution in [0.15, 0.2) is 24.3 Å². The van der Waals surface area contributed by atoms with Gasteiger partial charge in [-0.3, -0.25) is 0 Å². The van der Waals surface area contributed by atoms with Crippen molar-refractivity contribution < 1.29 is 5.11 Å². The van der Waals surface area contributed by atoms with Crippen LogP contribution >= 0.6 is 11.6 Å². The van der Waals surface area contributed by atoms with Gasteiger partial charge in [-0.05, 0) is 31.2 Å². The van der Waals surface area contributed by atoms with E-state index in [4.69, 9.17) is 16.7 Å². The van der Waals surface area contributed by atoms with Gasteiger partial charge in [-0.1, -0.05) is 23.7 Å². The molecule has 0 aromatic heterocycles. The molecule has 1 aromatic carbocycles. The summed E-state index contributed by atoms with van der Waals surface area (Å²) in [5.41, 5.74) is 1.25. The lowest BCUT2D eigenvalue weighted by molar-refractivity contribution is 0.244. The number of aliphatic hydroxyl groups excluding tert-OH is 1. The van der Waals surface area contributed by atoms with Crippen molar-refractivity contribution in [2.75, 3.05) is 20.2 Å². The maximum absolute atomic E-state index is 8.67. The lowest BCUT2D eigenvalue weighted by atomic mass is 10.2. The van der Waals surface area contributed by atoms with Crippen molar-refractivity contribution in [1.82, 2.24) is 4.90 Å². The van der Waals surface area contributed by atoms with Crippen LogP contribution in [0.2, 0.25) is 5.02 Å². The van der Waals surface area contributed by atoms with Crippen molar-refractivity contribution in [3.8, 4) is 0 Å². The van der Waals surface area contributed by atoms with Gasteiger partial charge in [-0.15, -0.1) is 0 Å². The highest BCUT2D eigenvalue weighted by Crippen LogP contribution is 2.10. The Kier molecular flexibility index (Phi) is 4.94. The van der Waals surface area contributed by atoms with Crippen LogP contribution in [-0.4, -0.2) is 30.2 Å². The Hall–Kier alpha value is -0.570. The second-order valence-electron chi connectivity index (χ2n) is 3.44. The Bertz CT molecular complexity index is 260. The first-order valence-electron chi connectivity index (χ1n) is 4.76. The largest absolute Gasteiger partial charge is 0.396 e. The minimum absolute atomic E-state index is 0.255. The SMILES string of the molecule is CN(CCCO)Cc1ccc(Cl)cc1. The third kappa shape index (κ3) is 4.09. The summed E-state index contributed by atoms with van der Waals surface area (Å²) < 4.78 is 0. The molecule has 0 aliphatic heterocycles. The Balaban J connectivity index is 2.39. The molecule has 0 saturated heterocycles. The highest BCUT2D eigenvalue weighted by Gasteiger charge is 1.99. The zero-order chi connectivity index (χ0) is 10.4. The summed E-state index contributed by atoms with van der Waals surface area (Å²) >= 11 is 5.79. The number of rotatable bonds is 5. The van der Waals surface area contributed by atoms with E-state index in [2.05, 4.69) is 4.90 Å². The summed E-state index contributed by atoms with van der Waals surface area (Å²) in [5, 5.41) is 9.44. The number of aliphatic hydroxyl groups is 1. The maximum atomic E-state index is 8.67. The molecule has 0 radical (unpaired) electrons. The van der Waals surface area contributed by atoms with Crippen LogP contribution in [0.5, 0.6) is 0 Å². The fourth-order valence-electron chi connectivity index (χ4n) is 1.32. The fraction of sp³-hybridized carbons (Fsp3) is 0.455. The van der Waals surface area contributed by atoms with E-state index in [1.165, 1.54) is 5.56 Å². The summed E-state index contributed by atoms with van der Waals surface area (Å²) in [6, 6.07) is 7.85. The number of hydrogen-bond acceptors (Lipinski definition) is 2. The molecule has 0 heterocycles. The Morgan fingerprint density at radius 1 is 1.29 bits per heavy atom. The summed E-state index contributed by atoms with van der Waals surface area (Å²) in [5.74, 6) is 0. The topological polar surface area (TPSA) is 23.5 Å². The standard InChI is InChI=1S/C11H16ClNO/c1-13(7-2-8-14)9-10-3-5-11(12)6-4-10/h3-6,14H,2,7-9H2,1H3. The van der Waals surface area contributed by atoms with Crippen molar-refractivity contribution in [3.05, 3.63) is 34.9 Å². The van der Waals surface area contributed by atoms with Crippen LogP contribution in [0, 0.1) is 0 Å². The van der Waals surface area contributed by atoms with Crippen LogP contribution in [0.3, 0.4) is 0 Å². The monoisotopic (exact) mass is 213 g/mol. The second-order valence-corrected chi connectivity index (χ2v) is 3.88. The predicted octanol–water partition coefficient (Wildman–Crippen LogP) is 2.15. The molecule has 0 atom stereocenters. The predicted molar refractivity (Wildman–Crippen MR) is 59.5 cm³/mol. The Labute approximate surface area is 90.1 Å². The van der Waals surface area contributed by atoms with Crippen LogP contribution in [0.25, 0.3) is 0 Å². The molecular weight excluding hydrogens is 198 g/mol. The van der Waals surface area contributed by atoms with E-state index in [1.807, 2.05) is 31.3 Å². The van der Waals surface area contributed by atoms with Crippen LogP contribution in [0.1, 0.15) is 12.0 Å². The summed E-state index contributed by atoms with van der Waals surface area (Å²) in [4.78, 5) is 2.18. The van der Waals surface area contributed by atoms with E-state index < -0.39 is 0 Å². The molecule has 0 aliphatic rings. The Morgan fingerprint density at radius 2 is 1.93 bits per heavy atom. The summed E-state index contributed by atoms with van der Waals surface area (Å²) in [6.07, 6.45) is 0.824.